The molecule has 2 aromatic rings. The molecule has 0 unspecified atom stereocenters. The fraction of sp³-hybridized carbons (Fsp3) is 0.333. The topological polar surface area (TPSA) is 84.2 Å². The van der Waals surface area contributed by atoms with Gasteiger partial charge in [-0.05, 0) is 54.8 Å². The summed E-state index contributed by atoms with van der Waals surface area (Å²) in [7, 11) is 0. The minimum atomic E-state index is -0.525. The quantitative estimate of drug-likeness (QED) is 0.620. The number of halogens is 2. The Bertz CT molecular complexity index is 767. The van der Waals surface area contributed by atoms with E-state index in [-0.39, 0.29) is 30.0 Å². The molecule has 0 aromatic heterocycles. The summed E-state index contributed by atoms with van der Waals surface area (Å²) < 4.78 is 12.9. The first-order valence-electron chi connectivity index (χ1n) is 9.08. The molecular weight excluding hydrogens is 381 g/mol. The summed E-state index contributed by atoms with van der Waals surface area (Å²) in [6, 6.07) is 12.5. The van der Waals surface area contributed by atoms with Gasteiger partial charge in [0.25, 0.3) is 5.91 Å². The highest BCUT2D eigenvalue weighted by molar-refractivity contribution is 6.04. The Morgan fingerprint density at radius 2 is 1.57 bits per heavy atom. The zero-order valence-electron chi connectivity index (χ0n) is 16.1. The smallest absolute Gasteiger partial charge is 0.255 e. The van der Waals surface area contributed by atoms with Crippen LogP contribution in [0.4, 0.5) is 10.1 Å². The maximum atomic E-state index is 12.9. The van der Waals surface area contributed by atoms with Gasteiger partial charge in [0.1, 0.15) is 5.82 Å². The van der Waals surface area contributed by atoms with Gasteiger partial charge in [0.15, 0.2) is 0 Å². The van der Waals surface area contributed by atoms with E-state index < -0.39 is 5.41 Å². The lowest BCUT2D eigenvalue weighted by Crippen LogP contribution is -2.45. The average molecular weight is 408 g/mol. The van der Waals surface area contributed by atoms with Crippen LogP contribution >= 0.6 is 12.4 Å². The van der Waals surface area contributed by atoms with Crippen molar-refractivity contribution in [2.75, 3.05) is 11.9 Å². The Labute approximate surface area is 171 Å². The van der Waals surface area contributed by atoms with Crippen LogP contribution in [0.5, 0.6) is 0 Å². The first kappa shape index (κ1) is 23.6. The second kappa shape index (κ2) is 10.8. The van der Waals surface area contributed by atoms with E-state index >= 15 is 0 Å². The molecule has 0 heterocycles. The van der Waals surface area contributed by atoms with Crippen molar-refractivity contribution in [1.29, 1.82) is 0 Å². The van der Waals surface area contributed by atoms with E-state index in [4.69, 9.17) is 5.73 Å². The summed E-state index contributed by atoms with van der Waals surface area (Å²) in [6.45, 7) is 4.65. The number of anilines is 1. The highest BCUT2D eigenvalue weighted by Gasteiger charge is 2.32. The molecule has 5 nitrogen and oxygen atoms in total. The molecule has 0 saturated carbocycles. The van der Waals surface area contributed by atoms with Gasteiger partial charge in [-0.2, -0.15) is 0 Å². The van der Waals surface area contributed by atoms with Crippen molar-refractivity contribution < 1.29 is 14.0 Å². The molecule has 2 aromatic carbocycles. The fourth-order valence-electron chi connectivity index (χ4n) is 2.83. The molecular formula is C21H27ClFN3O2. The maximum absolute atomic E-state index is 12.9. The van der Waals surface area contributed by atoms with Crippen LogP contribution in [0.15, 0.2) is 48.5 Å². The zero-order valence-corrected chi connectivity index (χ0v) is 16.9. The van der Waals surface area contributed by atoms with Crippen LogP contribution < -0.4 is 16.4 Å². The van der Waals surface area contributed by atoms with Crippen molar-refractivity contribution in [2.45, 2.75) is 33.2 Å². The van der Waals surface area contributed by atoms with Crippen LogP contribution in [0, 0.1) is 11.2 Å². The van der Waals surface area contributed by atoms with E-state index in [1.54, 1.807) is 12.1 Å². The van der Waals surface area contributed by atoms with Gasteiger partial charge in [-0.15, -0.1) is 12.4 Å². The molecule has 0 aliphatic rings. The number of carbonyl (C=O) groups excluding carboxylic acids is 2. The van der Waals surface area contributed by atoms with Crippen LogP contribution in [0.25, 0.3) is 0 Å². The van der Waals surface area contributed by atoms with Gasteiger partial charge in [0.05, 0.1) is 5.41 Å². The largest absolute Gasteiger partial charge is 0.352 e. The normalized spacial score (nSPS) is 10.7. The number of amides is 2. The molecule has 2 amide bonds. The fourth-order valence-corrected chi connectivity index (χ4v) is 2.83. The Morgan fingerprint density at radius 1 is 1.00 bits per heavy atom. The second-order valence-electron chi connectivity index (χ2n) is 6.53. The Hall–Kier alpha value is -2.44. The molecule has 0 fully saturated rings. The number of rotatable bonds is 8. The van der Waals surface area contributed by atoms with Gasteiger partial charge < -0.3 is 16.4 Å². The van der Waals surface area contributed by atoms with Gasteiger partial charge in [-0.25, -0.2) is 4.39 Å². The van der Waals surface area contributed by atoms with E-state index in [1.165, 1.54) is 24.3 Å². The Kier molecular flexibility index (Phi) is 9.09. The third-order valence-corrected chi connectivity index (χ3v) is 5.00. The summed E-state index contributed by atoms with van der Waals surface area (Å²) >= 11 is 0. The first-order chi connectivity index (χ1) is 12.9. The number of nitrogens with one attached hydrogen (secondary N) is 2. The molecule has 0 aliphatic heterocycles. The molecule has 152 valence electrons. The summed E-state index contributed by atoms with van der Waals surface area (Å²) in [6.07, 6.45) is 1.39. The highest BCUT2D eigenvalue weighted by atomic mass is 35.5. The summed E-state index contributed by atoms with van der Waals surface area (Å²) in [5.74, 6) is -0.735. The van der Waals surface area contributed by atoms with E-state index in [0.29, 0.717) is 37.2 Å². The SMILES string of the molecule is CCC(CC)(CN)C(=O)NCc1ccc(NC(=O)c2ccc(F)cc2)cc1.Cl. The Balaban J connectivity index is 0.00000392. The number of hydrogen-bond donors (Lipinski definition) is 3. The number of nitrogens with two attached hydrogens (primary N) is 1. The zero-order chi connectivity index (χ0) is 19.9. The van der Waals surface area contributed by atoms with Crippen molar-refractivity contribution in [1.82, 2.24) is 5.32 Å². The van der Waals surface area contributed by atoms with Crippen LogP contribution in [-0.2, 0) is 11.3 Å². The predicted octanol–water partition coefficient (Wildman–Crippen LogP) is 3.88. The van der Waals surface area contributed by atoms with E-state index in [9.17, 15) is 14.0 Å². The van der Waals surface area contributed by atoms with E-state index in [1.807, 2.05) is 26.0 Å². The van der Waals surface area contributed by atoms with E-state index in [2.05, 4.69) is 10.6 Å². The summed E-state index contributed by atoms with van der Waals surface area (Å²) in [4.78, 5) is 24.6. The van der Waals surface area contributed by atoms with Crippen molar-refractivity contribution in [3.8, 4) is 0 Å². The van der Waals surface area contributed by atoms with Crippen molar-refractivity contribution in [2.24, 2.45) is 11.1 Å². The first-order valence-corrected chi connectivity index (χ1v) is 9.08. The van der Waals surface area contributed by atoms with Crippen LogP contribution in [0.2, 0.25) is 0 Å². The summed E-state index contributed by atoms with van der Waals surface area (Å²) in [5.41, 5.74) is 7.19. The van der Waals surface area contributed by atoms with Crippen LogP contribution in [0.3, 0.4) is 0 Å². The van der Waals surface area contributed by atoms with Gasteiger partial charge in [0, 0.05) is 24.3 Å². The molecule has 7 heteroatoms. The van der Waals surface area contributed by atoms with Gasteiger partial charge in [-0.3, -0.25) is 9.59 Å². The molecule has 4 N–H and O–H groups in total. The minimum Gasteiger partial charge on any atom is -0.352 e. The monoisotopic (exact) mass is 407 g/mol. The number of carbonyl (C=O) groups is 2. The molecule has 2 rings (SSSR count). The molecule has 28 heavy (non-hydrogen) atoms. The molecule has 0 atom stereocenters. The summed E-state index contributed by atoms with van der Waals surface area (Å²) in [5, 5.41) is 5.70. The second-order valence-corrected chi connectivity index (χ2v) is 6.53. The van der Waals surface area contributed by atoms with E-state index in [0.717, 1.165) is 5.56 Å². The Morgan fingerprint density at radius 3 is 2.07 bits per heavy atom. The van der Waals surface area contributed by atoms with Crippen molar-refractivity contribution in [3.63, 3.8) is 0 Å². The highest BCUT2D eigenvalue weighted by Crippen LogP contribution is 2.25. The van der Waals surface area contributed by atoms with Gasteiger partial charge in [-0.1, -0.05) is 26.0 Å². The third-order valence-electron chi connectivity index (χ3n) is 5.00. The molecule has 0 aliphatic carbocycles. The van der Waals surface area contributed by atoms with Crippen LogP contribution in [0.1, 0.15) is 42.6 Å². The van der Waals surface area contributed by atoms with Gasteiger partial charge >= 0.3 is 0 Å². The molecule has 0 spiro atoms. The number of hydrogen-bond acceptors (Lipinski definition) is 3. The lowest BCUT2D eigenvalue weighted by atomic mass is 9.81. The number of benzene rings is 2. The predicted molar refractivity (Wildman–Crippen MR) is 112 cm³/mol. The molecule has 0 saturated heterocycles. The molecule has 0 bridgehead atoms. The lowest BCUT2D eigenvalue weighted by Gasteiger charge is -2.28. The standard InChI is InChI=1S/C21H26FN3O2.ClH/c1-3-21(4-2,14-23)20(27)24-13-15-5-11-18(12-6-15)25-19(26)16-7-9-17(22)10-8-16;/h5-12H,3-4,13-14,23H2,1-2H3,(H,24,27)(H,25,26);1H. The average Bonchev–Trinajstić information content (AvgIpc) is 2.69. The third kappa shape index (κ3) is 5.78. The van der Waals surface area contributed by atoms with Crippen LogP contribution in [-0.4, -0.2) is 18.4 Å². The maximum Gasteiger partial charge on any atom is 0.255 e. The molecule has 0 radical (unpaired) electrons. The van der Waals surface area contributed by atoms with Crippen molar-refractivity contribution in [3.05, 3.63) is 65.5 Å². The minimum absolute atomic E-state index is 0. The van der Waals surface area contributed by atoms with Crippen molar-refractivity contribution >= 4 is 29.9 Å². The lowest BCUT2D eigenvalue weighted by molar-refractivity contribution is -0.131. The van der Waals surface area contributed by atoms with Gasteiger partial charge in [0.2, 0.25) is 5.91 Å².